The van der Waals surface area contributed by atoms with Gasteiger partial charge in [0.05, 0.1) is 4.92 Å². The SMILES string of the molecule is N#CC1(F)NC=C(c2cccc(OC(F)(F)F)c2)C=C1[N+](=O)[O-]. The van der Waals surface area contributed by atoms with Crippen molar-refractivity contribution in [3.63, 3.8) is 0 Å². The van der Waals surface area contributed by atoms with Crippen LogP contribution < -0.4 is 10.1 Å². The van der Waals surface area contributed by atoms with E-state index in [1.807, 2.05) is 5.32 Å². The smallest absolute Gasteiger partial charge is 0.406 e. The molecule has 120 valence electrons. The van der Waals surface area contributed by atoms with Crippen molar-refractivity contribution in [2.75, 3.05) is 0 Å². The summed E-state index contributed by atoms with van der Waals surface area (Å²) in [5.74, 6) is -3.56. The highest BCUT2D eigenvalue weighted by atomic mass is 19.4. The maximum absolute atomic E-state index is 14.0. The molecule has 1 aliphatic rings. The van der Waals surface area contributed by atoms with Crippen LogP contribution in [-0.4, -0.2) is 17.1 Å². The number of halogens is 4. The maximum Gasteiger partial charge on any atom is 0.573 e. The number of hydrogen-bond donors (Lipinski definition) is 1. The molecule has 0 aromatic heterocycles. The summed E-state index contributed by atoms with van der Waals surface area (Å²) in [6, 6.07) is 5.73. The fourth-order valence-electron chi connectivity index (χ4n) is 1.85. The molecule has 1 heterocycles. The molecule has 0 fully saturated rings. The Morgan fingerprint density at radius 2 is 2.09 bits per heavy atom. The second kappa shape index (κ2) is 5.60. The number of dihydropyridines is 1. The van der Waals surface area contributed by atoms with E-state index in [-0.39, 0.29) is 11.1 Å². The van der Waals surface area contributed by atoms with Crippen molar-refractivity contribution in [2.45, 2.75) is 12.2 Å². The second-order valence-electron chi connectivity index (χ2n) is 4.38. The molecule has 2 rings (SSSR count). The van der Waals surface area contributed by atoms with Crippen molar-refractivity contribution in [3.05, 3.63) is 57.9 Å². The molecule has 1 aliphatic heterocycles. The highest BCUT2D eigenvalue weighted by molar-refractivity contribution is 5.76. The Hall–Kier alpha value is -3.09. The molecule has 6 nitrogen and oxygen atoms in total. The molecule has 23 heavy (non-hydrogen) atoms. The van der Waals surface area contributed by atoms with Gasteiger partial charge in [-0.1, -0.05) is 12.1 Å². The average Bonchev–Trinajstić information content (AvgIpc) is 2.46. The maximum atomic E-state index is 14.0. The molecule has 0 radical (unpaired) electrons. The number of allylic oxidation sites excluding steroid dienone is 2. The topological polar surface area (TPSA) is 88.2 Å². The molecular formula is C13H7F4N3O3. The lowest BCUT2D eigenvalue weighted by atomic mass is 10.00. The van der Waals surface area contributed by atoms with Crippen LogP contribution in [0.3, 0.4) is 0 Å². The van der Waals surface area contributed by atoms with Gasteiger partial charge in [0.1, 0.15) is 11.8 Å². The first kappa shape index (κ1) is 16.3. The first-order valence-corrected chi connectivity index (χ1v) is 5.95. The fraction of sp³-hybridized carbons (Fsp3) is 0.154. The largest absolute Gasteiger partial charge is 0.573 e. The minimum atomic E-state index is -4.89. The van der Waals surface area contributed by atoms with E-state index in [0.29, 0.717) is 0 Å². The Morgan fingerprint density at radius 3 is 2.65 bits per heavy atom. The molecule has 0 saturated heterocycles. The predicted octanol–water partition coefficient (Wildman–Crippen LogP) is 2.88. The first-order chi connectivity index (χ1) is 10.6. The highest BCUT2D eigenvalue weighted by Gasteiger charge is 2.45. The Labute approximate surface area is 126 Å². The van der Waals surface area contributed by atoms with Crippen LogP contribution in [0.15, 0.2) is 42.2 Å². The van der Waals surface area contributed by atoms with E-state index in [9.17, 15) is 27.7 Å². The summed E-state index contributed by atoms with van der Waals surface area (Å²) < 4.78 is 54.3. The number of nitro groups is 1. The summed E-state index contributed by atoms with van der Waals surface area (Å²) in [6.45, 7) is 0. The van der Waals surface area contributed by atoms with Crippen molar-refractivity contribution >= 4 is 5.57 Å². The van der Waals surface area contributed by atoms with Gasteiger partial charge < -0.3 is 10.1 Å². The van der Waals surface area contributed by atoms with Crippen LogP contribution in [0.25, 0.3) is 5.57 Å². The number of alkyl halides is 4. The highest BCUT2D eigenvalue weighted by Crippen LogP contribution is 2.31. The second-order valence-corrected chi connectivity index (χ2v) is 4.38. The molecular weight excluding hydrogens is 322 g/mol. The van der Waals surface area contributed by atoms with Crippen LogP contribution in [0.5, 0.6) is 5.75 Å². The summed E-state index contributed by atoms with van der Waals surface area (Å²) in [5, 5.41) is 21.5. The average molecular weight is 329 g/mol. The monoisotopic (exact) mass is 329 g/mol. The Bertz CT molecular complexity index is 752. The molecule has 0 amide bonds. The standard InChI is InChI=1S/C13H7F4N3O3/c14-12(7-18)11(20(21)22)5-9(6-19-12)8-2-1-3-10(4-8)23-13(15,16)17/h1-6,19H. The third-order valence-corrected chi connectivity index (χ3v) is 2.82. The molecule has 1 unspecified atom stereocenters. The molecule has 1 aromatic rings. The Balaban J connectivity index is 2.39. The van der Waals surface area contributed by atoms with E-state index >= 15 is 0 Å². The molecule has 1 N–H and O–H groups in total. The zero-order valence-electron chi connectivity index (χ0n) is 11.1. The van der Waals surface area contributed by atoms with E-state index in [4.69, 9.17) is 5.26 Å². The van der Waals surface area contributed by atoms with Crippen LogP contribution in [0.1, 0.15) is 5.56 Å². The number of nitrogens with zero attached hydrogens (tertiary/aromatic N) is 2. The van der Waals surface area contributed by atoms with Gasteiger partial charge in [-0.2, -0.15) is 9.65 Å². The quantitative estimate of drug-likeness (QED) is 0.399. The number of rotatable bonds is 3. The third-order valence-electron chi connectivity index (χ3n) is 2.82. The minimum Gasteiger partial charge on any atom is -0.406 e. The van der Waals surface area contributed by atoms with E-state index in [1.165, 1.54) is 12.1 Å². The molecule has 0 spiro atoms. The summed E-state index contributed by atoms with van der Waals surface area (Å²) >= 11 is 0. The molecule has 1 aromatic carbocycles. The summed E-state index contributed by atoms with van der Waals surface area (Å²) in [5.41, 5.74) is -0.939. The third kappa shape index (κ3) is 3.57. The van der Waals surface area contributed by atoms with Gasteiger partial charge in [0, 0.05) is 17.8 Å². The van der Waals surface area contributed by atoms with Gasteiger partial charge in [0.25, 0.3) is 0 Å². The van der Waals surface area contributed by atoms with Gasteiger partial charge in [-0.15, -0.1) is 13.2 Å². The van der Waals surface area contributed by atoms with E-state index < -0.39 is 28.5 Å². The van der Waals surface area contributed by atoms with Crippen molar-refractivity contribution in [1.29, 1.82) is 5.26 Å². The van der Waals surface area contributed by atoms with E-state index in [2.05, 4.69) is 4.74 Å². The van der Waals surface area contributed by atoms with Crippen LogP contribution in [-0.2, 0) is 0 Å². The van der Waals surface area contributed by atoms with Gasteiger partial charge in [0.2, 0.25) is 0 Å². The number of nitriles is 1. The normalized spacial score (nSPS) is 20.7. The summed E-state index contributed by atoms with van der Waals surface area (Å²) in [4.78, 5) is 9.78. The molecule has 10 heteroatoms. The Kier molecular flexibility index (Phi) is 3.97. The summed E-state index contributed by atoms with van der Waals surface area (Å²) in [7, 11) is 0. The lowest BCUT2D eigenvalue weighted by molar-refractivity contribution is -0.439. The molecule has 1 atom stereocenters. The van der Waals surface area contributed by atoms with Gasteiger partial charge in [-0.05, 0) is 17.7 Å². The van der Waals surface area contributed by atoms with Crippen LogP contribution in [0.2, 0.25) is 0 Å². The lowest BCUT2D eigenvalue weighted by Crippen LogP contribution is -2.42. The summed E-state index contributed by atoms with van der Waals surface area (Å²) in [6.07, 6.45) is -3.16. The first-order valence-electron chi connectivity index (χ1n) is 5.95. The lowest BCUT2D eigenvalue weighted by Gasteiger charge is -2.20. The Morgan fingerprint density at radius 1 is 1.39 bits per heavy atom. The zero-order chi connectivity index (χ0) is 17.3. The number of ether oxygens (including phenoxy) is 1. The van der Waals surface area contributed by atoms with Gasteiger partial charge >= 0.3 is 17.9 Å². The van der Waals surface area contributed by atoms with Crippen molar-refractivity contribution in [2.24, 2.45) is 0 Å². The van der Waals surface area contributed by atoms with E-state index in [0.717, 1.165) is 30.5 Å². The predicted molar refractivity (Wildman–Crippen MR) is 68.8 cm³/mol. The van der Waals surface area contributed by atoms with Crippen LogP contribution in [0.4, 0.5) is 17.6 Å². The fourth-order valence-corrected chi connectivity index (χ4v) is 1.85. The number of benzene rings is 1. The minimum absolute atomic E-state index is 0.0212. The van der Waals surface area contributed by atoms with Gasteiger partial charge in [0.15, 0.2) is 0 Å². The molecule has 0 aliphatic carbocycles. The number of nitrogens with one attached hydrogen (secondary N) is 1. The molecule has 0 saturated carbocycles. The van der Waals surface area contributed by atoms with Crippen molar-refractivity contribution in [1.82, 2.24) is 5.32 Å². The zero-order valence-corrected chi connectivity index (χ0v) is 11.1. The van der Waals surface area contributed by atoms with Gasteiger partial charge in [-0.25, -0.2) is 0 Å². The van der Waals surface area contributed by atoms with Crippen molar-refractivity contribution < 1.29 is 27.2 Å². The number of hydrogen-bond acceptors (Lipinski definition) is 5. The van der Waals surface area contributed by atoms with Gasteiger partial charge in [-0.3, -0.25) is 10.1 Å². The van der Waals surface area contributed by atoms with E-state index in [1.54, 1.807) is 0 Å². The van der Waals surface area contributed by atoms with Crippen LogP contribution >= 0.6 is 0 Å². The van der Waals surface area contributed by atoms with Crippen molar-refractivity contribution in [3.8, 4) is 11.8 Å². The van der Waals surface area contributed by atoms with Crippen LogP contribution in [0, 0.1) is 21.4 Å². The molecule has 0 bridgehead atoms.